The number of halogens is 3. The van der Waals surface area contributed by atoms with E-state index in [9.17, 15) is 13.2 Å². The molecule has 0 heterocycles. The molecule has 0 aliphatic heterocycles. The summed E-state index contributed by atoms with van der Waals surface area (Å²) in [6.07, 6.45) is 1.17. The summed E-state index contributed by atoms with van der Waals surface area (Å²) in [4.78, 5) is 4.81. The van der Waals surface area contributed by atoms with Crippen LogP contribution in [0.2, 0.25) is 0 Å². The molecule has 0 saturated carbocycles. The van der Waals surface area contributed by atoms with Gasteiger partial charge >= 0.3 is 0 Å². The Morgan fingerprint density at radius 3 is 2.58 bits per heavy atom. The lowest BCUT2D eigenvalue weighted by molar-refractivity contribution is 0.129. The van der Waals surface area contributed by atoms with E-state index in [-0.39, 0.29) is 17.7 Å². The second-order valence-electron chi connectivity index (χ2n) is 3.77. The summed E-state index contributed by atoms with van der Waals surface area (Å²) in [5.41, 5.74) is 0.299. The Bertz CT molecular complexity index is 599. The molecule has 2 aromatic carbocycles. The van der Waals surface area contributed by atoms with Gasteiger partial charge in [-0.15, -0.1) is 0 Å². The van der Waals surface area contributed by atoms with Crippen LogP contribution in [0, 0.1) is 17.5 Å². The van der Waals surface area contributed by atoms with Crippen molar-refractivity contribution in [3.8, 4) is 0 Å². The predicted molar refractivity (Wildman–Crippen MR) is 65.1 cm³/mol. The Kier molecular flexibility index (Phi) is 4.18. The SMILES string of the molecule is Fc1ccc(F)c(CON=Cc2ccccc2F)c1. The van der Waals surface area contributed by atoms with Crippen LogP contribution >= 0.6 is 0 Å². The average Bonchev–Trinajstić information content (AvgIpc) is 2.40. The van der Waals surface area contributed by atoms with Crippen LogP contribution in [-0.2, 0) is 11.4 Å². The highest BCUT2D eigenvalue weighted by molar-refractivity contribution is 5.79. The standard InChI is InChI=1S/C14H10F3NO/c15-12-5-6-14(17)11(7-12)9-19-18-8-10-3-1-2-4-13(10)16/h1-8H,9H2. The van der Waals surface area contributed by atoms with Crippen molar-refractivity contribution in [1.29, 1.82) is 0 Å². The summed E-state index contributed by atoms with van der Waals surface area (Å²) in [6, 6.07) is 9.05. The molecule has 0 bridgehead atoms. The quantitative estimate of drug-likeness (QED) is 0.610. The summed E-state index contributed by atoms with van der Waals surface area (Å²) < 4.78 is 39.3. The molecule has 0 radical (unpaired) electrons. The Labute approximate surface area is 108 Å². The number of oxime groups is 1. The van der Waals surface area contributed by atoms with E-state index < -0.39 is 17.5 Å². The van der Waals surface area contributed by atoms with Gasteiger partial charge in [-0.25, -0.2) is 13.2 Å². The van der Waals surface area contributed by atoms with Crippen molar-refractivity contribution in [2.75, 3.05) is 0 Å². The van der Waals surface area contributed by atoms with Crippen LogP contribution in [0.5, 0.6) is 0 Å². The molecule has 19 heavy (non-hydrogen) atoms. The highest BCUT2D eigenvalue weighted by Gasteiger charge is 2.04. The van der Waals surface area contributed by atoms with E-state index in [4.69, 9.17) is 4.84 Å². The van der Waals surface area contributed by atoms with Crippen LogP contribution in [0.1, 0.15) is 11.1 Å². The lowest BCUT2D eigenvalue weighted by Gasteiger charge is -2.02. The van der Waals surface area contributed by atoms with Crippen molar-refractivity contribution in [3.63, 3.8) is 0 Å². The maximum absolute atomic E-state index is 13.2. The molecule has 0 aromatic heterocycles. The van der Waals surface area contributed by atoms with E-state index in [2.05, 4.69) is 5.16 Å². The molecule has 2 nitrogen and oxygen atoms in total. The molecule has 0 atom stereocenters. The van der Waals surface area contributed by atoms with Gasteiger partial charge in [0, 0.05) is 11.1 Å². The van der Waals surface area contributed by atoms with Gasteiger partial charge in [0.15, 0.2) is 0 Å². The molecule has 0 aliphatic carbocycles. The lowest BCUT2D eigenvalue weighted by atomic mass is 10.2. The highest BCUT2D eigenvalue weighted by Crippen LogP contribution is 2.11. The Balaban J connectivity index is 1.97. The van der Waals surface area contributed by atoms with Gasteiger partial charge in [-0.3, -0.25) is 0 Å². The lowest BCUT2D eigenvalue weighted by Crippen LogP contribution is -1.94. The van der Waals surface area contributed by atoms with Crippen LogP contribution in [0.25, 0.3) is 0 Å². The van der Waals surface area contributed by atoms with Gasteiger partial charge in [0.05, 0.1) is 6.21 Å². The minimum Gasteiger partial charge on any atom is -0.391 e. The predicted octanol–water partition coefficient (Wildman–Crippen LogP) is 3.65. The zero-order chi connectivity index (χ0) is 13.7. The molecule has 0 saturated heterocycles. The van der Waals surface area contributed by atoms with E-state index in [1.54, 1.807) is 12.1 Å². The van der Waals surface area contributed by atoms with Gasteiger partial charge in [0.2, 0.25) is 0 Å². The second-order valence-corrected chi connectivity index (χ2v) is 3.77. The third-order valence-corrected chi connectivity index (χ3v) is 2.40. The molecule has 0 N–H and O–H groups in total. The summed E-state index contributed by atoms with van der Waals surface area (Å²) in [5.74, 6) is -1.58. The van der Waals surface area contributed by atoms with E-state index >= 15 is 0 Å². The molecular formula is C14H10F3NO. The molecule has 5 heteroatoms. The normalized spacial score (nSPS) is 10.9. The van der Waals surface area contributed by atoms with Gasteiger partial charge in [0.1, 0.15) is 24.1 Å². The number of benzene rings is 2. The van der Waals surface area contributed by atoms with Crippen LogP contribution < -0.4 is 0 Å². The topological polar surface area (TPSA) is 21.6 Å². The minimum absolute atomic E-state index is 0.0469. The van der Waals surface area contributed by atoms with Crippen LogP contribution in [0.15, 0.2) is 47.6 Å². The first-order valence-corrected chi connectivity index (χ1v) is 5.50. The van der Waals surface area contributed by atoms with E-state index in [0.717, 1.165) is 18.2 Å². The fourth-order valence-electron chi connectivity index (χ4n) is 1.43. The van der Waals surface area contributed by atoms with Gasteiger partial charge in [-0.05, 0) is 24.3 Å². The van der Waals surface area contributed by atoms with Crippen LogP contribution in [0.3, 0.4) is 0 Å². The zero-order valence-electron chi connectivity index (χ0n) is 9.82. The summed E-state index contributed by atoms with van der Waals surface area (Å²) in [6.45, 7) is -0.228. The molecule has 0 spiro atoms. The van der Waals surface area contributed by atoms with Crippen LogP contribution in [0.4, 0.5) is 13.2 Å². The Morgan fingerprint density at radius 1 is 1.00 bits per heavy atom. The monoisotopic (exact) mass is 265 g/mol. The number of hydrogen-bond acceptors (Lipinski definition) is 2. The molecular weight excluding hydrogens is 255 g/mol. The highest BCUT2D eigenvalue weighted by atomic mass is 19.1. The third kappa shape index (κ3) is 3.58. The largest absolute Gasteiger partial charge is 0.391 e. The maximum Gasteiger partial charge on any atom is 0.145 e. The minimum atomic E-state index is -0.581. The van der Waals surface area contributed by atoms with Gasteiger partial charge in [0.25, 0.3) is 0 Å². The van der Waals surface area contributed by atoms with Crippen molar-refractivity contribution >= 4 is 6.21 Å². The zero-order valence-corrected chi connectivity index (χ0v) is 9.82. The third-order valence-electron chi connectivity index (χ3n) is 2.40. The van der Waals surface area contributed by atoms with E-state index in [1.165, 1.54) is 18.3 Å². The van der Waals surface area contributed by atoms with E-state index in [1.807, 2.05) is 0 Å². The molecule has 0 unspecified atom stereocenters. The smallest absolute Gasteiger partial charge is 0.145 e. The van der Waals surface area contributed by atoms with E-state index in [0.29, 0.717) is 0 Å². The molecule has 0 amide bonds. The fraction of sp³-hybridized carbons (Fsp3) is 0.0714. The number of rotatable bonds is 4. The Hall–Kier alpha value is -2.30. The first-order chi connectivity index (χ1) is 9.16. The van der Waals surface area contributed by atoms with Gasteiger partial charge < -0.3 is 4.84 Å². The summed E-state index contributed by atoms with van der Waals surface area (Å²) >= 11 is 0. The van der Waals surface area contributed by atoms with Crippen molar-refractivity contribution in [3.05, 3.63) is 71.0 Å². The van der Waals surface area contributed by atoms with Gasteiger partial charge in [-0.2, -0.15) is 0 Å². The first-order valence-electron chi connectivity index (χ1n) is 5.50. The average molecular weight is 265 g/mol. The number of nitrogens with zero attached hydrogens (tertiary/aromatic N) is 1. The van der Waals surface area contributed by atoms with Crippen molar-refractivity contribution in [1.82, 2.24) is 0 Å². The summed E-state index contributed by atoms with van der Waals surface area (Å²) in [7, 11) is 0. The van der Waals surface area contributed by atoms with Gasteiger partial charge in [-0.1, -0.05) is 23.4 Å². The molecule has 2 aromatic rings. The van der Waals surface area contributed by atoms with Crippen LogP contribution in [-0.4, -0.2) is 6.21 Å². The molecule has 98 valence electrons. The first kappa shape index (κ1) is 13.1. The molecule has 0 fully saturated rings. The van der Waals surface area contributed by atoms with Crippen molar-refractivity contribution in [2.24, 2.45) is 5.16 Å². The maximum atomic E-state index is 13.2. The Morgan fingerprint density at radius 2 is 1.79 bits per heavy atom. The van der Waals surface area contributed by atoms with Crippen molar-refractivity contribution in [2.45, 2.75) is 6.61 Å². The number of hydrogen-bond donors (Lipinski definition) is 0. The second kappa shape index (κ2) is 6.04. The molecule has 0 aliphatic rings. The van der Waals surface area contributed by atoms with Crippen molar-refractivity contribution < 1.29 is 18.0 Å². The molecule has 2 rings (SSSR count). The summed E-state index contributed by atoms with van der Waals surface area (Å²) in [5, 5.41) is 3.51. The fourth-order valence-corrected chi connectivity index (χ4v) is 1.43.